The first-order valence-corrected chi connectivity index (χ1v) is 10.1. The number of benzene rings is 2. The van der Waals surface area contributed by atoms with Crippen molar-refractivity contribution in [1.29, 1.82) is 0 Å². The summed E-state index contributed by atoms with van der Waals surface area (Å²) < 4.78 is 0. The summed E-state index contributed by atoms with van der Waals surface area (Å²) in [4.78, 5) is 48.3. The summed E-state index contributed by atoms with van der Waals surface area (Å²) in [6.45, 7) is 0.0568. The molecule has 1 saturated heterocycles. The molecule has 1 heterocycles. The van der Waals surface area contributed by atoms with E-state index in [4.69, 9.17) is 23.2 Å². The van der Waals surface area contributed by atoms with E-state index in [1.54, 1.807) is 24.3 Å². The summed E-state index contributed by atoms with van der Waals surface area (Å²) in [6.07, 6.45) is 1.39. The first-order valence-electron chi connectivity index (χ1n) is 8.49. The maximum Gasteiger partial charge on any atom is 0.293 e. The molecule has 0 spiro atoms. The molecule has 30 heavy (non-hydrogen) atoms. The van der Waals surface area contributed by atoms with Crippen molar-refractivity contribution in [3.63, 3.8) is 0 Å². The zero-order chi connectivity index (χ0) is 21.8. The minimum atomic E-state index is -0.630. The normalized spacial score (nSPS) is 15.0. The van der Waals surface area contributed by atoms with Crippen molar-refractivity contribution in [3.05, 3.63) is 78.7 Å². The molecule has 0 aromatic heterocycles. The molecule has 2 aromatic rings. The molecule has 2 aromatic carbocycles. The molecular formula is C19H13Cl2N3O5S. The van der Waals surface area contributed by atoms with Gasteiger partial charge in [0.1, 0.15) is 5.02 Å². The Kier molecular flexibility index (Phi) is 6.76. The fraction of sp³-hybridized carbons (Fsp3) is 0.105. The van der Waals surface area contributed by atoms with E-state index in [9.17, 15) is 24.5 Å². The van der Waals surface area contributed by atoms with Gasteiger partial charge >= 0.3 is 0 Å². The van der Waals surface area contributed by atoms with Crippen LogP contribution in [0.25, 0.3) is 6.08 Å². The van der Waals surface area contributed by atoms with Crippen LogP contribution >= 0.6 is 35.0 Å². The lowest BCUT2D eigenvalue weighted by atomic mass is 10.2. The van der Waals surface area contributed by atoms with Crippen LogP contribution in [0.1, 0.15) is 15.9 Å². The van der Waals surface area contributed by atoms with Crippen LogP contribution in [-0.4, -0.2) is 40.0 Å². The average molecular weight is 466 g/mol. The van der Waals surface area contributed by atoms with Gasteiger partial charge in [-0.25, -0.2) is 0 Å². The SMILES string of the molecule is O=C(NCCN1C(=O)S/C(=C\c2ccc(Cl)c([N+](=O)[O-])c2)C1=O)c1ccc(Cl)cc1. The first-order chi connectivity index (χ1) is 14.3. The van der Waals surface area contributed by atoms with Gasteiger partial charge in [-0.1, -0.05) is 29.3 Å². The fourth-order valence-corrected chi connectivity index (χ4v) is 3.77. The lowest BCUT2D eigenvalue weighted by Crippen LogP contribution is -2.37. The molecule has 1 aliphatic heterocycles. The van der Waals surface area contributed by atoms with E-state index in [1.165, 1.54) is 24.3 Å². The van der Waals surface area contributed by atoms with Crippen LogP contribution in [0.3, 0.4) is 0 Å². The third-order valence-electron chi connectivity index (χ3n) is 4.07. The second-order valence-corrected chi connectivity index (χ2v) is 7.90. The molecule has 154 valence electrons. The van der Waals surface area contributed by atoms with Crippen LogP contribution < -0.4 is 5.32 Å². The lowest BCUT2D eigenvalue weighted by Gasteiger charge is -2.13. The highest BCUT2D eigenvalue weighted by molar-refractivity contribution is 8.18. The van der Waals surface area contributed by atoms with E-state index in [1.807, 2.05) is 0 Å². The summed E-state index contributed by atoms with van der Waals surface area (Å²) in [5, 5.41) is 13.6. The number of hydrogen-bond donors (Lipinski definition) is 1. The van der Waals surface area contributed by atoms with Gasteiger partial charge in [-0.15, -0.1) is 0 Å². The summed E-state index contributed by atoms with van der Waals surface area (Å²) >= 11 is 12.3. The van der Waals surface area contributed by atoms with Gasteiger partial charge in [0.05, 0.1) is 9.83 Å². The summed E-state index contributed by atoms with van der Waals surface area (Å²) in [6, 6.07) is 10.4. The highest BCUT2D eigenvalue weighted by atomic mass is 35.5. The third-order valence-corrected chi connectivity index (χ3v) is 5.54. The number of hydrogen-bond acceptors (Lipinski definition) is 6. The average Bonchev–Trinajstić information content (AvgIpc) is 2.97. The number of rotatable bonds is 6. The zero-order valence-corrected chi connectivity index (χ0v) is 17.5. The minimum Gasteiger partial charge on any atom is -0.350 e. The quantitative estimate of drug-likeness (QED) is 0.385. The van der Waals surface area contributed by atoms with Crippen molar-refractivity contribution in [2.75, 3.05) is 13.1 Å². The Morgan fingerprint density at radius 2 is 1.87 bits per heavy atom. The minimum absolute atomic E-state index is 0.0118. The predicted octanol–water partition coefficient (Wildman–Crippen LogP) is 4.37. The van der Waals surface area contributed by atoms with E-state index in [0.29, 0.717) is 16.1 Å². The van der Waals surface area contributed by atoms with Gasteiger partial charge in [0, 0.05) is 29.7 Å². The molecule has 1 fully saturated rings. The molecule has 0 saturated carbocycles. The molecule has 0 aliphatic carbocycles. The van der Waals surface area contributed by atoms with Gasteiger partial charge < -0.3 is 5.32 Å². The molecule has 11 heteroatoms. The molecule has 0 atom stereocenters. The van der Waals surface area contributed by atoms with Gasteiger partial charge in [0.15, 0.2) is 0 Å². The van der Waals surface area contributed by atoms with Gasteiger partial charge in [0.2, 0.25) is 0 Å². The number of amides is 3. The highest BCUT2D eigenvalue weighted by Gasteiger charge is 2.34. The standard InChI is InChI=1S/C19H13Cl2N3O5S/c20-13-4-2-12(3-5-13)17(25)22-7-8-23-18(26)16(30-19(23)27)10-11-1-6-14(21)15(9-11)24(28)29/h1-6,9-10H,7-8H2,(H,22,25)/b16-10-. The Hall–Kier alpha value is -2.88. The zero-order valence-electron chi connectivity index (χ0n) is 15.1. The van der Waals surface area contributed by atoms with Crippen LogP contribution in [0.5, 0.6) is 0 Å². The molecule has 1 N–H and O–H groups in total. The molecule has 0 bridgehead atoms. The largest absolute Gasteiger partial charge is 0.350 e. The van der Waals surface area contributed by atoms with Crippen molar-refractivity contribution in [1.82, 2.24) is 10.2 Å². The number of nitro groups is 1. The van der Waals surface area contributed by atoms with E-state index >= 15 is 0 Å². The van der Waals surface area contributed by atoms with E-state index < -0.39 is 16.1 Å². The highest BCUT2D eigenvalue weighted by Crippen LogP contribution is 2.33. The van der Waals surface area contributed by atoms with Crippen molar-refractivity contribution < 1.29 is 19.3 Å². The Bertz CT molecular complexity index is 1070. The summed E-state index contributed by atoms with van der Waals surface area (Å²) in [5.41, 5.74) is 0.472. The van der Waals surface area contributed by atoms with Crippen molar-refractivity contribution in [2.45, 2.75) is 0 Å². The molecule has 0 radical (unpaired) electrons. The summed E-state index contributed by atoms with van der Waals surface area (Å²) in [7, 11) is 0. The van der Waals surface area contributed by atoms with Gasteiger partial charge in [-0.3, -0.25) is 29.4 Å². The van der Waals surface area contributed by atoms with Crippen LogP contribution in [0, 0.1) is 10.1 Å². The van der Waals surface area contributed by atoms with Gasteiger partial charge in [-0.05, 0) is 53.7 Å². The van der Waals surface area contributed by atoms with Crippen LogP contribution in [0.2, 0.25) is 10.0 Å². The van der Waals surface area contributed by atoms with Crippen molar-refractivity contribution in [3.8, 4) is 0 Å². The number of nitro benzene ring substituents is 1. The van der Waals surface area contributed by atoms with Gasteiger partial charge in [-0.2, -0.15) is 0 Å². The number of carbonyl (C=O) groups excluding carboxylic acids is 3. The third kappa shape index (κ3) is 4.99. The van der Waals surface area contributed by atoms with Gasteiger partial charge in [0.25, 0.3) is 22.7 Å². The number of carbonyl (C=O) groups is 3. The maximum absolute atomic E-state index is 12.5. The molecule has 3 amide bonds. The molecule has 3 rings (SSSR count). The lowest BCUT2D eigenvalue weighted by molar-refractivity contribution is -0.384. The Balaban J connectivity index is 1.64. The number of nitrogens with one attached hydrogen (secondary N) is 1. The van der Waals surface area contributed by atoms with E-state index in [2.05, 4.69) is 5.32 Å². The molecule has 1 aliphatic rings. The van der Waals surface area contributed by atoms with Crippen LogP contribution in [0.15, 0.2) is 47.4 Å². The fourth-order valence-electron chi connectivity index (χ4n) is 2.59. The Morgan fingerprint density at radius 1 is 1.17 bits per heavy atom. The molecular weight excluding hydrogens is 453 g/mol. The number of thioether (sulfide) groups is 1. The summed E-state index contributed by atoms with van der Waals surface area (Å²) in [5.74, 6) is -0.897. The molecule has 0 unspecified atom stereocenters. The van der Waals surface area contributed by atoms with Crippen LogP contribution in [0.4, 0.5) is 10.5 Å². The van der Waals surface area contributed by atoms with E-state index in [-0.39, 0.29) is 34.6 Å². The molecule has 8 nitrogen and oxygen atoms in total. The number of halogens is 2. The van der Waals surface area contributed by atoms with Crippen molar-refractivity contribution in [2.24, 2.45) is 0 Å². The topological polar surface area (TPSA) is 110 Å². The second-order valence-electron chi connectivity index (χ2n) is 6.06. The first kappa shape index (κ1) is 21.8. The monoisotopic (exact) mass is 465 g/mol. The second kappa shape index (κ2) is 9.29. The van der Waals surface area contributed by atoms with Crippen LogP contribution in [-0.2, 0) is 4.79 Å². The van der Waals surface area contributed by atoms with Crippen molar-refractivity contribution >= 4 is 63.8 Å². The number of imide groups is 1. The van der Waals surface area contributed by atoms with E-state index in [0.717, 1.165) is 16.7 Å². The smallest absolute Gasteiger partial charge is 0.293 e. The maximum atomic E-state index is 12.5. The predicted molar refractivity (Wildman–Crippen MR) is 115 cm³/mol. The Labute approximate surface area is 185 Å². The number of nitrogens with zero attached hydrogens (tertiary/aromatic N) is 2. The Morgan fingerprint density at radius 3 is 2.53 bits per heavy atom.